The Kier molecular flexibility index (Phi) is 4.66. The van der Waals surface area contributed by atoms with E-state index in [1.54, 1.807) is 0 Å². The number of hydrogen-bond donors (Lipinski definition) is 1. The van der Waals surface area contributed by atoms with E-state index in [1.165, 1.54) is 57.9 Å². The van der Waals surface area contributed by atoms with Crippen LogP contribution < -0.4 is 5.32 Å². The van der Waals surface area contributed by atoms with Crippen LogP contribution in [0.5, 0.6) is 0 Å². The zero-order valence-corrected chi connectivity index (χ0v) is 14.7. The lowest BCUT2D eigenvalue weighted by Gasteiger charge is -2.48. The molecule has 4 atom stereocenters. The van der Waals surface area contributed by atoms with Gasteiger partial charge in [0.15, 0.2) is 0 Å². The lowest BCUT2D eigenvalue weighted by molar-refractivity contribution is 0.0231. The van der Waals surface area contributed by atoms with E-state index in [0.717, 1.165) is 30.1 Å². The first-order valence-corrected chi connectivity index (χ1v) is 9.48. The number of fused-ring (bicyclic) bond motifs is 2. The van der Waals surface area contributed by atoms with Crippen LogP contribution in [-0.4, -0.2) is 35.6 Å². The molecule has 0 aromatic heterocycles. The molecule has 3 fully saturated rings. The molecule has 3 aliphatic rings. The summed E-state index contributed by atoms with van der Waals surface area (Å²) in [5.74, 6) is 0.900. The Balaban J connectivity index is 1.71. The number of piperidine rings is 1. The molecule has 1 N–H and O–H groups in total. The summed E-state index contributed by atoms with van der Waals surface area (Å²) >= 11 is 0. The lowest BCUT2D eigenvalue weighted by atomic mass is 9.70. The fourth-order valence-corrected chi connectivity index (χ4v) is 5.77. The van der Waals surface area contributed by atoms with Gasteiger partial charge in [-0.1, -0.05) is 27.7 Å². The molecule has 0 aromatic rings. The standard InChI is InChI=1S/C19H36N2/c1-5-8-21(17-10-15-6-7-16(11-17)20-15)18-9-14(2)12-19(3,4)13-18/h14-18,20H,5-13H2,1-4H3. The van der Waals surface area contributed by atoms with E-state index >= 15 is 0 Å². The van der Waals surface area contributed by atoms with E-state index in [2.05, 4.69) is 37.9 Å². The van der Waals surface area contributed by atoms with Gasteiger partial charge < -0.3 is 5.32 Å². The monoisotopic (exact) mass is 292 g/mol. The van der Waals surface area contributed by atoms with Gasteiger partial charge in [0, 0.05) is 24.2 Å². The second-order valence-electron chi connectivity index (χ2n) is 9.07. The van der Waals surface area contributed by atoms with Crippen LogP contribution in [0.25, 0.3) is 0 Å². The summed E-state index contributed by atoms with van der Waals surface area (Å²) in [7, 11) is 0. The SMILES string of the molecule is CCCN(C1CC2CCC(C1)N2)C1CC(C)CC(C)(C)C1. The van der Waals surface area contributed by atoms with Crippen molar-refractivity contribution in [2.45, 2.75) is 103 Å². The smallest absolute Gasteiger partial charge is 0.0128 e. The van der Waals surface area contributed by atoms with E-state index in [9.17, 15) is 0 Å². The zero-order chi connectivity index (χ0) is 15.0. The summed E-state index contributed by atoms with van der Waals surface area (Å²) in [5.41, 5.74) is 0.542. The van der Waals surface area contributed by atoms with Crippen molar-refractivity contribution in [2.24, 2.45) is 11.3 Å². The predicted molar refractivity (Wildman–Crippen MR) is 90.5 cm³/mol. The average molecular weight is 293 g/mol. The molecule has 2 bridgehead atoms. The van der Waals surface area contributed by atoms with Crippen molar-refractivity contribution in [3.05, 3.63) is 0 Å². The van der Waals surface area contributed by atoms with Gasteiger partial charge in [0.2, 0.25) is 0 Å². The highest BCUT2D eigenvalue weighted by molar-refractivity contribution is 4.98. The quantitative estimate of drug-likeness (QED) is 0.835. The maximum Gasteiger partial charge on any atom is 0.0128 e. The highest BCUT2D eigenvalue weighted by Crippen LogP contribution is 2.42. The largest absolute Gasteiger partial charge is 0.311 e. The topological polar surface area (TPSA) is 15.3 Å². The maximum absolute atomic E-state index is 3.82. The van der Waals surface area contributed by atoms with Crippen LogP contribution in [0.2, 0.25) is 0 Å². The zero-order valence-electron chi connectivity index (χ0n) is 14.7. The summed E-state index contributed by atoms with van der Waals surface area (Å²) in [5, 5.41) is 3.82. The Hall–Kier alpha value is -0.0800. The second-order valence-corrected chi connectivity index (χ2v) is 9.07. The molecule has 0 aromatic carbocycles. The molecular formula is C19H36N2. The molecule has 2 saturated heterocycles. The van der Waals surface area contributed by atoms with E-state index < -0.39 is 0 Å². The van der Waals surface area contributed by atoms with Crippen LogP contribution in [0.3, 0.4) is 0 Å². The molecule has 21 heavy (non-hydrogen) atoms. The van der Waals surface area contributed by atoms with Crippen molar-refractivity contribution < 1.29 is 0 Å². The highest BCUT2D eigenvalue weighted by atomic mass is 15.2. The van der Waals surface area contributed by atoms with Crippen molar-refractivity contribution in [1.29, 1.82) is 0 Å². The molecule has 2 heteroatoms. The molecular weight excluding hydrogens is 256 g/mol. The van der Waals surface area contributed by atoms with Crippen molar-refractivity contribution in [2.75, 3.05) is 6.54 Å². The van der Waals surface area contributed by atoms with Gasteiger partial charge in [-0.15, -0.1) is 0 Å². The molecule has 0 amide bonds. The van der Waals surface area contributed by atoms with Gasteiger partial charge in [0.1, 0.15) is 0 Å². The predicted octanol–water partition coefficient (Wildman–Crippen LogP) is 4.20. The summed E-state index contributed by atoms with van der Waals surface area (Å²) in [6.07, 6.45) is 11.2. The van der Waals surface area contributed by atoms with Crippen molar-refractivity contribution in [3.8, 4) is 0 Å². The minimum atomic E-state index is 0.542. The van der Waals surface area contributed by atoms with Crippen LogP contribution in [0, 0.1) is 11.3 Å². The number of nitrogens with one attached hydrogen (secondary N) is 1. The lowest BCUT2D eigenvalue weighted by Crippen LogP contribution is -2.54. The van der Waals surface area contributed by atoms with E-state index in [-0.39, 0.29) is 0 Å². The van der Waals surface area contributed by atoms with Crippen LogP contribution in [-0.2, 0) is 0 Å². The molecule has 2 heterocycles. The third-order valence-corrected chi connectivity index (χ3v) is 6.23. The molecule has 1 aliphatic carbocycles. The Morgan fingerprint density at radius 1 is 1.00 bits per heavy atom. The first kappa shape index (κ1) is 15.8. The number of nitrogens with zero attached hydrogens (tertiary/aromatic N) is 1. The van der Waals surface area contributed by atoms with Crippen molar-refractivity contribution >= 4 is 0 Å². The molecule has 122 valence electrons. The molecule has 0 spiro atoms. The minimum Gasteiger partial charge on any atom is -0.311 e. The summed E-state index contributed by atoms with van der Waals surface area (Å²) in [4.78, 5) is 2.95. The molecule has 0 radical (unpaired) electrons. The fourth-order valence-electron chi connectivity index (χ4n) is 5.77. The molecule has 2 nitrogen and oxygen atoms in total. The van der Waals surface area contributed by atoms with Gasteiger partial charge in [-0.25, -0.2) is 0 Å². The van der Waals surface area contributed by atoms with Crippen molar-refractivity contribution in [1.82, 2.24) is 10.2 Å². The first-order chi connectivity index (χ1) is 9.97. The number of hydrogen-bond acceptors (Lipinski definition) is 2. The van der Waals surface area contributed by atoms with Gasteiger partial charge in [0.25, 0.3) is 0 Å². The Morgan fingerprint density at radius 3 is 2.24 bits per heavy atom. The van der Waals surface area contributed by atoms with Gasteiger partial charge in [-0.2, -0.15) is 0 Å². The van der Waals surface area contributed by atoms with E-state index in [0.29, 0.717) is 5.41 Å². The third kappa shape index (κ3) is 3.64. The summed E-state index contributed by atoms with van der Waals surface area (Å²) in [6.45, 7) is 11.1. The molecule has 2 aliphatic heterocycles. The third-order valence-electron chi connectivity index (χ3n) is 6.23. The second kappa shape index (κ2) is 6.20. The van der Waals surface area contributed by atoms with Crippen LogP contribution in [0.15, 0.2) is 0 Å². The minimum absolute atomic E-state index is 0.542. The van der Waals surface area contributed by atoms with Gasteiger partial charge >= 0.3 is 0 Å². The Labute approximate surface area is 132 Å². The van der Waals surface area contributed by atoms with E-state index in [4.69, 9.17) is 0 Å². The molecule has 3 rings (SSSR count). The maximum atomic E-state index is 3.82. The summed E-state index contributed by atoms with van der Waals surface area (Å²) in [6, 6.07) is 3.34. The Morgan fingerprint density at radius 2 is 1.67 bits per heavy atom. The highest BCUT2D eigenvalue weighted by Gasteiger charge is 2.41. The number of rotatable bonds is 4. The van der Waals surface area contributed by atoms with Gasteiger partial charge in [0.05, 0.1) is 0 Å². The fraction of sp³-hybridized carbons (Fsp3) is 1.00. The molecule has 1 saturated carbocycles. The first-order valence-electron chi connectivity index (χ1n) is 9.48. The van der Waals surface area contributed by atoms with Gasteiger partial charge in [-0.05, 0) is 69.2 Å². The molecule has 4 unspecified atom stereocenters. The van der Waals surface area contributed by atoms with Gasteiger partial charge in [-0.3, -0.25) is 4.90 Å². The van der Waals surface area contributed by atoms with E-state index in [1.807, 2.05) is 0 Å². The average Bonchev–Trinajstić information content (AvgIpc) is 2.72. The summed E-state index contributed by atoms with van der Waals surface area (Å²) < 4.78 is 0. The van der Waals surface area contributed by atoms with Crippen LogP contribution in [0.4, 0.5) is 0 Å². The van der Waals surface area contributed by atoms with Crippen LogP contribution in [0.1, 0.15) is 79.1 Å². The van der Waals surface area contributed by atoms with Crippen LogP contribution >= 0.6 is 0 Å². The Bertz CT molecular complexity index is 339. The van der Waals surface area contributed by atoms with Crippen molar-refractivity contribution in [3.63, 3.8) is 0 Å². The normalized spacial score (nSPS) is 42.4.